The molecular formula is C13H26N2. The van der Waals surface area contributed by atoms with Crippen molar-refractivity contribution in [2.45, 2.75) is 57.9 Å². The Bertz CT molecular complexity index is 179. The van der Waals surface area contributed by atoms with Crippen molar-refractivity contribution < 1.29 is 0 Å². The van der Waals surface area contributed by atoms with Crippen LogP contribution in [0.1, 0.15) is 51.9 Å². The van der Waals surface area contributed by atoms with Crippen LogP contribution in [-0.4, -0.2) is 25.7 Å². The van der Waals surface area contributed by atoms with Crippen molar-refractivity contribution in [2.24, 2.45) is 5.41 Å². The van der Waals surface area contributed by atoms with Crippen molar-refractivity contribution in [3.05, 3.63) is 0 Å². The summed E-state index contributed by atoms with van der Waals surface area (Å²) in [6.45, 7) is 6.05. The Hall–Kier alpha value is -0.0800. The van der Waals surface area contributed by atoms with Crippen LogP contribution in [0.2, 0.25) is 0 Å². The Kier molecular flexibility index (Phi) is 4.04. The second-order valence-electron chi connectivity index (χ2n) is 5.47. The minimum atomic E-state index is 0.658. The fourth-order valence-corrected chi connectivity index (χ4v) is 3.17. The monoisotopic (exact) mass is 210 g/mol. The standard InChI is InChI=1S/C13H26N2/c1-2-13(7-3-4-8-13)11-15-12-5-9-14-10-6-12/h12,14-15H,2-11H2,1H3. The normalized spacial score (nSPS) is 27.0. The Morgan fingerprint density at radius 1 is 1.20 bits per heavy atom. The topological polar surface area (TPSA) is 24.1 Å². The molecular weight excluding hydrogens is 184 g/mol. The van der Waals surface area contributed by atoms with E-state index in [1.54, 1.807) is 0 Å². The van der Waals surface area contributed by atoms with Crippen molar-refractivity contribution in [1.82, 2.24) is 10.6 Å². The molecule has 1 aliphatic carbocycles. The molecule has 0 aromatic carbocycles. The van der Waals surface area contributed by atoms with Gasteiger partial charge in [0.1, 0.15) is 0 Å². The largest absolute Gasteiger partial charge is 0.317 e. The van der Waals surface area contributed by atoms with Crippen LogP contribution in [0.25, 0.3) is 0 Å². The van der Waals surface area contributed by atoms with Gasteiger partial charge in [0.25, 0.3) is 0 Å². The highest BCUT2D eigenvalue weighted by atomic mass is 15.0. The van der Waals surface area contributed by atoms with Gasteiger partial charge in [0.15, 0.2) is 0 Å². The molecule has 1 aliphatic heterocycles. The number of piperidine rings is 1. The Balaban J connectivity index is 1.75. The number of hydrogen-bond donors (Lipinski definition) is 2. The molecule has 88 valence electrons. The number of nitrogens with one attached hydrogen (secondary N) is 2. The molecule has 2 fully saturated rings. The summed E-state index contributed by atoms with van der Waals surface area (Å²) in [5.74, 6) is 0. The van der Waals surface area contributed by atoms with Crippen LogP contribution in [0.15, 0.2) is 0 Å². The third-order valence-corrected chi connectivity index (χ3v) is 4.52. The molecule has 15 heavy (non-hydrogen) atoms. The summed E-state index contributed by atoms with van der Waals surface area (Å²) >= 11 is 0. The summed E-state index contributed by atoms with van der Waals surface area (Å²) in [6, 6.07) is 0.787. The summed E-state index contributed by atoms with van der Waals surface area (Å²) < 4.78 is 0. The minimum Gasteiger partial charge on any atom is -0.317 e. The second-order valence-corrected chi connectivity index (χ2v) is 5.47. The first-order valence-electron chi connectivity index (χ1n) is 6.79. The zero-order chi connectivity index (χ0) is 10.6. The van der Waals surface area contributed by atoms with Gasteiger partial charge in [-0.25, -0.2) is 0 Å². The molecule has 1 saturated carbocycles. The fraction of sp³-hybridized carbons (Fsp3) is 1.00. The van der Waals surface area contributed by atoms with Crippen LogP contribution >= 0.6 is 0 Å². The lowest BCUT2D eigenvalue weighted by Gasteiger charge is -2.32. The molecule has 1 heterocycles. The highest BCUT2D eigenvalue weighted by Crippen LogP contribution is 2.40. The second kappa shape index (κ2) is 5.31. The van der Waals surface area contributed by atoms with Crippen molar-refractivity contribution in [3.63, 3.8) is 0 Å². The zero-order valence-electron chi connectivity index (χ0n) is 10.1. The fourth-order valence-electron chi connectivity index (χ4n) is 3.17. The van der Waals surface area contributed by atoms with Gasteiger partial charge in [-0.1, -0.05) is 19.8 Å². The van der Waals surface area contributed by atoms with E-state index in [4.69, 9.17) is 0 Å². The highest BCUT2D eigenvalue weighted by molar-refractivity contribution is 4.87. The van der Waals surface area contributed by atoms with Crippen molar-refractivity contribution >= 4 is 0 Å². The molecule has 1 saturated heterocycles. The van der Waals surface area contributed by atoms with Gasteiger partial charge in [0, 0.05) is 12.6 Å². The molecule has 2 heteroatoms. The van der Waals surface area contributed by atoms with E-state index < -0.39 is 0 Å². The van der Waals surface area contributed by atoms with E-state index in [1.807, 2.05) is 0 Å². The average Bonchev–Trinajstić information content (AvgIpc) is 2.77. The molecule has 0 spiro atoms. The van der Waals surface area contributed by atoms with Crippen LogP contribution in [0, 0.1) is 5.41 Å². The molecule has 2 N–H and O–H groups in total. The summed E-state index contributed by atoms with van der Waals surface area (Å²) in [7, 11) is 0. The van der Waals surface area contributed by atoms with E-state index >= 15 is 0 Å². The molecule has 0 aromatic heterocycles. The van der Waals surface area contributed by atoms with Crippen molar-refractivity contribution in [2.75, 3.05) is 19.6 Å². The van der Waals surface area contributed by atoms with Crippen LogP contribution in [0.4, 0.5) is 0 Å². The van der Waals surface area contributed by atoms with Crippen LogP contribution in [0.5, 0.6) is 0 Å². The van der Waals surface area contributed by atoms with Gasteiger partial charge < -0.3 is 10.6 Å². The summed E-state index contributed by atoms with van der Waals surface area (Å²) in [5, 5.41) is 7.24. The predicted octanol–water partition coefficient (Wildman–Crippen LogP) is 2.30. The summed E-state index contributed by atoms with van der Waals surface area (Å²) in [5.41, 5.74) is 0.658. The molecule has 0 aromatic rings. The van der Waals surface area contributed by atoms with E-state index in [0.29, 0.717) is 5.41 Å². The molecule has 0 radical (unpaired) electrons. The Labute approximate surface area is 94.2 Å². The molecule has 0 unspecified atom stereocenters. The lowest BCUT2D eigenvalue weighted by molar-refractivity contribution is 0.243. The third kappa shape index (κ3) is 2.94. The molecule has 0 bridgehead atoms. The average molecular weight is 210 g/mol. The maximum atomic E-state index is 3.82. The lowest BCUT2D eigenvalue weighted by atomic mass is 9.83. The third-order valence-electron chi connectivity index (χ3n) is 4.52. The van der Waals surface area contributed by atoms with Crippen molar-refractivity contribution in [3.8, 4) is 0 Å². The van der Waals surface area contributed by atoms with Gasteiger partial charge in [0.2, 0.25) is 0 Å². The van der Waals surface area contributed by atoms with Gasteiger partial charge in [-0.3, -0.25) is 0 Å². The quantitative estimate of drug-likeness (QED) is 0.744. The molecule has 2 nitrogen and oxygen atoms in total. The van der Waals surface area contributed by atoms with E-state index in [-0.39, 0.29) is 0 Å². The first kappa shape index (κ1) is 11.4. The lowest BCUT2D eigenvalue weighted by Crippen LogP contribution is -2.44. The van der Waals surface area contributed by atoms with Gasteiger partial charge >= 0.3 is 0 Å². The number of hydrogen-bond acceptors (Lipinski definition) is 2. The van der Waals surface area contributed by atoms with Crippen LogP contribution in [-0.2, 0) is 0 Å². The van der Waals surface area contributed by atoms with Crippen LogP contribution in [0.3, 0.4) is 0 Å². The molecule has 0 amide bonds. The predicted molar refractivity (Wildman–Crippen MR) is 65.1 cm³/mol. The molecule has 2 aliphatic rings. The first-order valence-corrected chi connectivity index (χ1v) is 6.79. The molecule has 0 atom stereocenters. The summed E-state index contributed by atoms with van der Waals surface area (Å²) in [4.78, 5) is 0. The van der Waals surface area contributed by atoms with Crippen molar-refractivity contribution in [1.29, 1.82) is 0 Å². The first-order chi connectivity index (χ1) is 7.35. The zero-order valence-corrected chi connectivity index (χ0v) is 10.1. The Morgan fingerprint density at radius 2 is 1.87 bits per heavy atom. The Morgan fingerprint density at radius 3 is 2.47 bits per heavy atom. The summed E-state index contributed by atoms with van der Waals surface area (Å²) in [6.07, 6.45) is 9.84. The van der Waals surface area contributed by atoms with Gasteiger partial charge in [-0.05, 0) is 50.6 Å². The number of rotatable bonds is 4. The molecule has 2 rings (SSSR count). The van der Waals surface area contributed by atoms with Gasteiger partial charge in [0.05, 0.1) is 0 Å². The van der Waals surface area contributed by atoms with Gasteiger partial charge in [-0.2, -0.15) is 0 Å². The van der Waals surface area contributed by atoms with E-state index in [1.165, 1.54) is 64.6 Å². The van der Waals surface area contributed by atoms with Crippen LogP contribution < -0.4 is 10.6 Å². The highest BCUT2D eigenvalue weighted by Gasteiger charge is 2.32. The maximum Gasteiger partial charge on any atom is 0.00914 e. The van der Waals surface area contributed by atoms with E-state index in [9.17, 15) is 0 Å². The smallest absolute Gasteiger partial charge is 0.00914 e. The van der Waals surface area contributed by atoms with E-state index in [2.05, 4.69) is 17.6 Å². The maximum absolute atomic E-state index is 3.82. The SMILES string of the molecule is CCC1(CNC2CCNCC2)CCCC1. The van der Waals surface area contributed by atoms with Gasteiger partial charge in [-0.15, -0.1) is 0 Å². The van der Waals surface area contributed by atoms with E-state index in [0.717, 1.165) is 6.04 Å². The minimum absolute atomic E-state index is 0.658.